The maximum Gasteiger partial charge on any atom is 0.161 e. The van der Waals surface area contributed by atoms with E-state index in [0.717, 1.165) is 24.4 Å². The van der Waals surface area contributed by atoms with Gasteiger partial charge in [0.15, 0.2) is 5.75 Å². The van der Waals surface area contributed by atoms with Gasteiger partial charge in [-0.15, -0.1) is 0 Å². The quantitative estimate of drug-likeness (QED) is 0.757. The summed E-state index contributed by atoms with van der Waals surface area (Å²) in [7, 11) is 1.69. The molecule has 1 heterocycles. The molecule has 2 atom stereocenters. The lowest BCUT2D eigenvalue weighted by atomic mass is 10.1. The Morgan fingerprint density at radius 3 is 2.50 bits per heavy atom. The Labute approximate surface area is 122 Å². The van der Waals surface area contributed by atoms with Crippen molar-refractivity contribution >= 4 is 0 Å². The molecule has 1 aromatic rings. The first-order valence-corrected chi connectivity index (χ1v) is 7.53. The van der Waals surface area contributed by atoms with E-state index in [1.807, 2.05) is 11.6 Å². The second kappa shape index (κ2) is 8.27. The van der Waals surface area contributed by atoms with Crippen molar-refractivity contribution in [3.05, 3.63) is 11.9 Å². The van der Waals surface area contributed by atoms with Crippen LogP contribution in [0.3, 0.4) is 0 Å². The van der Waals surface area contributed by atoms with Crippen LogP contribution in [0.25, 0.3) is 0 Å². The minimum atomic E-state index is 0.0645. The highest BCUT2D eigenvalue weighted by Crippen LogP contribution is 2.30. The smallest absolute Gasteiger partial charge is 0.161 e. The van der Waals surface area contributed by atoms with Gasteiger partial charge in [0, 0.05) is 12.6 Å². The third-order valence-corrected chi connectivity index (χ3v) is 3.32. The molecule has 0 saturated carbocycles. The molecule has 1 aromatic heterocycles. The minimum Gasteiger partial charge on any atom is -0.493 e. The molecule has 0 aromatic carbocycles. The van der Waals surface area contributed by atoms with E-state index in [4.69, 9.17) is 9.47 Å². The fraction of sp³-hybridized carbons (Fsp3) is 0.800. The standard InChI is InChI=1S/C15H29N3O2/c1-7-9-16-14(12(5)20-8-2)15-13(19-6)10-17-18(15)11(3)4/h10-12,14,16H,7-9H2,1-6H3. The topological polar surface area (TPSA) is 48.3 Å². The monoisotopic (exact) mass is 283 g/mol. The third-order valence-electron chi connectivity index (χ3n) is 3.32. The summed E-state index contributed by atoms with van der Waals surface area (Å²) in [6.07, 6.45) is 2.93. The van der Waals surface area contributed by atoms with Crippen molar-refractivity contribution in [3.8, 4) is 5.75 Å². The molecule has 5 heteroatoms. The molecule has 0 radical (unpaired) electrons. The average Bonchev–Trinajstić information content (AvgIpc) is 2.83. The Hall–Kier alpha value is -1.07. The number of nitrogens with zero attached hydrogens (tertiary/aromatic N) is 2. The lowest BCUT2D eigenvalue weighted by molar-refractivity contribution is 0.0438. The van der Waals surface area contributed by atoms with Crippen LogP contribution in [0.4, 0.5) is 0 Å². The number of hydrogen-bond donors (Lipinski definition) is 1. The van der Waals surface area contributed by atoms with E-state index in [-0.39, 0.29) is 18.2 Å². The molecule has 5 nitrogen and oxygen atoms in total. The van der Waals surface area contributed by atoms with Gasteiger partial charge in [-0.1, -0.05) is 6.92 Å². The highest BCUT2D eigenvalue weighted by molar-refractivity contribution is 5.29. The fourth-order valence-corrected chi connectivity index (χ4v) is 2.36. The number of methoxy groups -OCH3 is 1. The molecular formula is C15H29N3O2. The second-order valence-corrected chi connectivity index (χ2v) is 5.23. The Bertz CT molecular complexity index is 390. The van der Waals surface area contributed by atoms with Crippen molar-refractivity contribution in [2.24, 2.45) is 0 Å². The van der Waals surface area contributed by atoms with Gasteiger partial charge in [0.25, 0.3) is 0 Å². The van der Waals surface area contributed by atoms with Gasteiger partial charge in [-0.05, 0) is 40.7 Å². The molecule has 116 valence electrons. The third kappa shape index (κ3) is 3.96. The highest BCUT2D eigenvalue weighted by Gasteiger charge is 2.27. The first-order chi connectivity index (χ1) is 9.56. The van der Waals surface area contributed by atoms with E-state index < -0.39 is 0 Å². The van der Waals surface area contributed by atoms with Gasteiger partial charge >= 0.3 is 0 Å². The molecule has 1 rings (SSSR count). The van der Waals surface area contributed by atoms with E-state index >= 15 is 0 Å². The van der Waals surface area contributed by atoms with Crippen molar-refractivity contribution in [3.63, 3.8) is 0 Å². The van der Waals surface area contributed by atoms with Crippen LogP contribution in [0.15, 0.2) is 6.20 Å². The van der Waals surface area contributed by atoms with Crippen LogP contribution in [0.1, 0.15) is 58.8 Å². The predicted octanol–water partition coefficient (Wildman–Crippen LogP) is 2.94. The minimum absolute atomic E-state index is 0.0645. The normalized spacial score (nSPS) is 14.6. The summed E-state index contributed by atoms with van der Waals surface area (Å²) < 4.78 is 13.3. The molecule has 0 bridgehead atoms. The van der Waals surface area contributed by atoms with Gasteiger partial charge in [-0.25, -0.2) is 0 Å². The first kappa shape index (κ1) is 17.0. The zero-order valence-electron chi connectivity index (χ0n) is 13.6. The van der Waals surface area contributed by atoms with Gasteiger partial charge in [0.05, 0.1) is 25.5 Å². The molecule has 0 spiro atoms. The summed E-state index contributed by atoms with van der Waals surface area (Å²) >= 11 is 0. The van der Waals surface area contributed by atoms with Crippen LogP contribution < -0.4 is 10.1 Å². The molecule has 0 fully saturated rings. The number of aromatic nitrogens is 2. The van der Waals surface area contributed by atoms with Crippen LogP contribution in [0.5, 0.6) is 5.75 Å². The van der Waals surface area contributed by atoms with Crippen molar-refractivity contribution < 1.29 is 9.47 Å². The van der Waals surface area contributed by atoms with Crippen LogP contribution >= 0.6 is 0 Å². The van der Waals surface area contributed by atoms with E-state index in [1.165, 1.54) is 0 Å². The van der Waals surface area contributed by atoms with E-state index in [1.54, 1.807) is 13.3 Å². The summed E-state index contributed by atoms with van der Waals surface area (Å²) in [5.74, 6) is 0.818. The molecule has 0 saturated heterocycles. The van der Waals surface area contributed by atoms with Gasteiger partial charge in [-0.3, -0.25) is 4.68 Å². The first-order valence-electron chi connectivity index (χ1n) is 7.53. The van der Waals surface area contributed by atoms with Gasteiger partial charge < -0.3 is 14.8 Å². The van der Waals surface area contributed by atoms with Crippen molar-refractivity contribution in [1.82, 2.24) is 15.1 Å². The highest BCUT2D eigenvalue weighted by atomic mass is 16.5. The summed E-state index contributed by atoms with van der Waals surface area (Å²) in [5.41, 5.74) is 1.07. The number of ether oxygens (including phenoxy) is 2. The summed E-state index contributed by atoms with van der Waals surface area (Å²) in [5, 5.41) is 8.01. The number of hydrogen-bond acceptors (Lipinski definition) is 4. The van der Waals surface area contributed by atoms with Crippen LogP contribution in [-0.2, 0) is 4.74 Å². The van der Waals surface area contributed by atoms with Gasteiger partial charge in [-0.2, -0.15) is 5.10 Å². The van der Waals surface area contributed by atoms with Gasteiger partial charge in [0.1, 0.15) is 5.69 Å². The van der Waals surface area contributed by atoms with E-state index in [9.17, 15) is 0 Å². The maximum atomic E-state index is 5.80. The Morgan fingerprint density at radius 1 is 1.30 bits per heavy atom. The fourth-order valence-electron chi connectivity index (χ4n) is 2.36. The SMILES string of the molecule is CCCNC(c1c(OC)cnn1C(C)C)C(C)OCC. The molecule has 0 aliphatic heterocycles. The summed E-state index contributed by atoms with van der Waals surface area (Å²) in [6.45, 7) is 12.2. The second-order valence-electron chi connectivity index (χ2n) is 5.23. The van der Waals surface area contributed by atoms with E-state index in [0.29, 0.717) is 6.61 Å². The van der Waals surface area contributed by atoms with Crippen molar-refractivity contribution in [2.75, 3.05) is 20.3 Å². The lowest BCUT2D eigenvalue weighted by Crippen LogP contribution is -2.35. The molecule has 0 aliphatic rings. The van der Waals surface area contributed by atoms with Crippen LogP contribution in [-0.4, -0.2) is 36.1 Å². The van der Waals surface area contributed by atoms with Gasteiger partial charge in [0.2, 0.25) is 0 Å². The van der Waals surface area contributed by atoms with Crippen LogP contribution in [0, 0.1) is 0 Å². The molecule has 20 heavy (non-hydrogen) atoms. The zero-order valence-corrected chi connectivity index (χ0v) is 13.6. The maximum absolute atomic E-state index is 5.80. The average molecular weight is 283 g/mol. The van der Waals surface area contributed by atoms with E-state index in [2.05, 4.69) is 38.1 Å². The molecule has 0 amide bonds. The molecule has 2 unspecified atom stereocenters. The molecule has 1 N–H and O–H groups in total. The Kier molecular flexibility index (Phi) is 7.02. The largest absolute Gasteiger partial charge is 0.493 e. The lowest BCUT2D eigenvalue weighted by Gasteiger charge is -2.27. The predicted molar refractivity (Wildman–Crippen MR) is 81.3 cm³/mol. The van der Waals surface area contributed by atoms with Crippen molar-refractivity contribution in [1.29, 1.82) is 0 Å². The number of rotatable bonds is 9. The Morgan fingerprint density at radius 2 is 2.00 bits per heavy atom. The Balaban J connectivity index is 3.13. The number of nitrogens with one attached hydrogen (secondary N) is 1. The molecular weight excluding hydrogens is 254 g/mol. The van der Waals surface area contributed by atoms with Crippen molar-refractivity contribution in [2.45, 2.75) is 59.2 Å². The summed E-state index contributed by atoms with van der Waals surface area (Å²) in [6, 6.07) is 0.364. The summed E-state index contributed by atoms with van der Waals surface area (Å²) in [4.78, 5) is 0. The molecule has 0 aliphatic carbocycles. The zero-order chi connectivity index (χ0) is 15.1. The van der Waals surface area contributed by atoms with Crippen LogP contribution in [0.2, 0.25) is 0 Å².